The summed E-state index contributed by atoms with van der Waals surface area (Å²) in [5, 5.41) is 0. The SMILES string of the molecule is COC[C@@H](CN(C)C1=NS(=O)(=O)c2ccccc21)OC(=O)c1cccc(C)c1. The molecule has 0 spiro atoms. The van der Waals surface area contributed by atoms with Crippen molar-refractivity contribution >= 4 is 21.8 Å². The molecule has 0 unspecified atom stereocenters. The van der Waals surface area contributed by atoms with Gasteiger partial charge in [0.05, 0.1) is 18.7 Å². The van der Waals surface area contributed by atoms with Crippen molar-refractivity contribution in [3.8, 4) is 0 Å². The van der Waals surface area contributed by atoms with Crippen LogP contribution in [0, 0.1) is 6.92 Å². The van der Waals surface area contributed by atoms with Crippen molar-refractivity contribution in [1.29, 1.82) is 0 Å². The number of likely N-dealkylation sites (N-methyl/N-ethyl adjacent to an activating group) is 1. The predicted octanol–water partition coefficient (Wildman–Crippen LogP) is 2.25. The molecule has 8 heteroatoms. The lowest BCUT2D eigenvalue weighted by atomic mass is 10.1. The maximum atomic E-state index is 12.5. The van der Waals surface area contributed by atoms with E-state index in [4.69, 9.17) is 9.47 Å². The van der Waals surface area contributed by atoms with Crippen LogP contribution >= 0.6 is 0 Å². The third kappa shape index (κ3) is 4.23. The molecular weight excluding hydrogens is 380 g/mol. The minimum atomic E-state index is -3.71. The minimum absolute atomic E-state index is 0.170. The van der Waals surface area contributed by atoms with Gasteiger partial charge in [-0.05, 0) is 31.2 Å². The van der Waals surface area contributed by atoms with Gasteiger partial charge in [-0.25, -0.2) is 4.79 Å². The fraction of sp³-hybridized carbons (Fsp3) is 0.300. The van der Waals surface area contributed by atoms with Crippen LogP contribution in [0.1, 0.15) is 21.5 Å². The smallest absolute Gasteiger partial charge is 0.338 e. The molecule has 2 aromatic rings. The lowest BCUT2D eigenvalue weighted by molar-refractivity contribution is 0.00103. The van der Waals surface area contributed by atoms with Gasteiger partial charge >= 0.3 is 5.97 Å². The van der Waals surface area contributed by atoms with E-state index in [2.05, 4.69) is 4.40 Å². The van der Waals surface area contributed by atoms with Crippen LogP contribution in [0.4, 0.5) is 0 Å². The molecule has 0 saturated heterocycles. The van der Waals surface area contributed by atoms with Gasteiger partial charge in [0.15, 0.2) is 5.84 Å². The summed E-state index contributed by atoms with van der Waals surface area (Å²) in [4.78, 5) is 14.3. The van der Waals surface area contributed by atoms with Gasteiger partial charge in [0.1, 0.15) is 11.0 Å². The quantitative estimate of drug-likeness (QED) is 0.689. The number of hydrogen-bond acceptors (Lipinski definition) is 6. The highest BCUT2D eigenvalue weighted by molar-refractivity contribution is 7.90. The van der Waals surface area contributed by atoms with Crippen LogP contribution in [-0.4, -0.2) is 58.5 Å². The highest BCUT2D eigenvalue weighted by Crippen LogP contribution is 2.27. The number of fused-ring (bicyclic) bond motifs is 1. The number of aryl methyl sites for hydroxylation is 1. The summed E-state index contributed by atoms with van der Waals surface area (Å²) >= 11 is 0. The summed E-state index contributed by atoms with van der Waals surface area (Å²) in [6.07, 6.45) is -0.596. The van der Waals surface area contributed by atoms with E-state index < -0.39 is 22.1 Å². The molecule has 0 amide bonds. The van der Waals surface area contributed by atoms with Crippen molar-refractivity contribution in [2.75, 3.05) is 27.3 Å². The van der Waals surface area contributed by atoms with Gasteiger partial charge in [0.2, 0.25) is 0 Å². The number of amidine groups is 1. The minimum Gasteiger partial charge on any atom is -0.454 e. The molecule has 1 atom stereocenters. The zero-order valence-electron chi connectivity index (χ0n) is 16.0. The Labute approximate surface area is 164 Å². The number of ether oxygens (including phenoxy) is 2. The highest BCUT2D eigenvalue weighted by Gasteiger charge is 2.31. The van der Waals surface area contributed by atoms with Gasteiger partial charge < -0.3 is 14.4 Å². The Hall–Kier alpha value is -2.71. The molecule has 0 radical (unpaired) electrons. The first-order chi connectivity index (χ1) is 13.3. The first-order valence-corrected chi connectivity index (χ1v) is 10.2. The third-order valence-corrected chi connectivity index (χ3v) is 5.66. The lowest BCUT2D eigenvalue weighted by Crippen LogP contribution is -2.38. The Bertz CT molecular complexity index is 1020. The number of carbonyl (C=O) groups is 1. The Kier molecular flexibility index (Phi) is 5.81. The molecule has 0 fully saturated rings. The molecular formula is C20H22N2O5S. The molecule has 0 aliphatic carbocycles. The second-order valence-corrected chi connectivity index (χ2v) is 8.19. The number of esters is 1. The second-order valence-electron chi connectivity index (χ2n) is 6.62. The number of sulfonamides is 1. The zero-order chi connectivity index (χ0) is 20.3. The van der Waals surface area contributed by atoms with Gasteiger partial charge in [0.25, 0.3) is 10.0 Å². The van der Waals surface area contributed by atoms with Gasteiger partial charge in [0, 0.05) is 19.7 Å². The van der Waals surface area contributed by atoms with E-state index in [1.54, 1.807) is 48.3 Å². The first-order valence-electron chi connectivity index (χ1n) is 8.74. The van der Waals surface area contributed by atoms with Gasteiger partial charge in [-0.3, -0.25) is 0 Å². The Morgan fingerprint density at radius 3 is 2.64 bits per heavy atom. The maximum Gasteiger partial charge on any atom is 0.338 e. The van der Waals surface area contributed by atoms with Crippen LogP contribution in [0.5, 0.6) is 0 Å². The number of carbonyl (C=O) groups excluding carboxylic acids is 1. The molecule has 1 aliphatic heterocycles. The van der Waals surface area contributed by atoms with E-state index in [-0.39, 0.29) is 18.0 Å². The molecule has 0 bridgehead atoms. The van der Waals surface area contributed by atoms with Crippen molar-refractivity contribution in [1.82, 2.24) is 4.90 Å². The average Bonchev–Trinajstić information content (AvgIpc) is 2.93. The molecule has 148 valence electrons. The van der Waals surface area contributed by atoms with Crippen molar-refractivity contribution in [2.45, 2.75) is 17.9 Å². The molecule has 1 heterocycles. The number of rotatable bonds is 6. The number of hydrogen-bond donors (Lipinski definition) is 0. The largest absolute Gasteiger partial charge is 0.454 e. The van der Waals surface area contributed by atoms with Gasteiger partial charge in [-0.1, -0.05) is 29.8 Å². The fourth-order valence-corrected chi connectivity index (χ4v) is 4.31. The Balaban J connectivity index is 1.77. The summed E-state index contributed by atoms with van der Waals surface area (Å²) in [7, 11) is -0.489. The van der Waals surface area contributed by atoms with Crippen LogP contribution in [0.3, 0.4) is 0 Å². The fourth-order valence-electron chi connectivity index (χ4n) is 3.06. The lowest BCUT2D eigenvalue weighted by Gasteiger charge is -2.25. The standard InChI is InChI=1S/C20H22N2O5S/c1-14-7-6-8-15(11-14)20(23)27-16(13-26-3)12-22(2)19-17-9-4-5-10-18(17)28(24,25)21-19/h4-11,16H,12-13H2,1-3H3/t16-/m1/s1. The highest BCUT2D eigenvalue weighted by atomic mass is 32.2. The summed E-state index contributed by atoms with van der Waals surface area (Å²) < 4.78 is 39.2. The molecule has 0 saturated carbocycles. The van der Waals surface area contributed by atoms with Crippen LogP contribution in [0.2, 0.25) is 0 Å². The maximum absolute atomic E-state index is 12.5. The molecule has 0 N–H and O–H groups in total. The summed E-state index contributed by atoms with van der Waals surface area (Å²) in [6, 6.07) is 13.8. The van der Waals surface area contributed by atoms with E-state index in [0.717, 1.165) is 5.56 Å². The van der Waals surface area contributed by atoms with E-state index in [1.807, 2.05) is 13.0 Å². The van der Waals surface area contributed by atoms with Crippen molar-refractivity contribution in [3.05, 3.63) is 65.2 Å². The first kappa shape index (κ1) is 20.0. The monoisotopic (exact) mass is 402 g/mol. The average molecular weight is 402 g/mol. The number of nitrogens with zero attached hydrogens (tertiary/aromatic N) is 2. The van der Waals surface area contributed by atoms with E-state index in [9.17, 15) is 13.2 Å². The van der Waals surface area contributed by atoms with Crippen LogP contribution < -0.4 is 0 Å². The molecule has 1 aliphatic rings. The van der Waals surface area contributed by atoms with Crippen LogP contribution in [-0.2, 0) is 19.5 Å². The normalized spacial score (nSPS) is 15.5. The van der Waals surface area contributed by atoms with E-state index in [1.165, 1.54) is 13.2 Å². The third-order valence-electron chi connectivity index (χ3n) is 4.33. The summed E-state index contributed by atoms with van der Waals surface area (Å²) in [5.74, 6) is -0.135. The molecule has 0 aromatic heterocycles. The van der Waals surface area contributed by atoms with Crippen molar-refractivity contribution < 1.29 is 22.7 Å². The molecule has 28 heavy (non-hydrogen) atoms. The number of methoxy groups -OCH3 is 1. The van der Waals surface area contributed by atoms with Crippen LogP contribution in [0.15, 0.2) is 57.8 Å². The second kappa shape index (κ2) is 8.12. The molecule has 2 aromatic carbocycles. The van der Waals surface area contributed by atoms with Crippen molar-refractivity contribution in [3.63, 3.8) is 0 Å². The predicted molar refractivity (Wildman–Crippen MR) is 105 cm³/mol. The van der Waals surface area contributed by atoms with Gasteiger partial charge in [-0.15, -0.1) is 4.40 Å². The van der Waals surface area contributed by atoms with Crippen LogP contribution in [0.25, 0.3) is 0 Å². The van der Waals surface area contributed by atoms with E-state index >= 15 is 0 Å². The topological polar surface area (TPSA) is 85.3 Å². The van der Waals surface area contributed by atoms with E-state index in [0.29, 0.717) is 17.0 Å². The Morgan fingerprint density at radius 1 is 1.18 bits per heavy atom. The van der Waals surface area contributed by atoms with Crippen molar-refractivity contribution in [2.24, 2.45) is 4.40 Å². The zero-order valence-corrected chi connectivity index (χ0v) is 16.8. The molecule has 7 nitrogen and oxygen atoms in total. The summed E-state index contributed by atoms with van der Waals surface area (Å²) in [6.45, 7) is 2.30. The number of benzene rings is 2. The molecule has 3 rings (SSSR count). The Morgan fingerprint density at radius 2 is 1.93 bits per heavy atom. The van der Waals surface area contributed by atoms with Gasteiger partial charge in [-0.2, -0.15) is 8.42 Å². The summed E-state index contributed by atoms with van der Waals surface area (Å²) in [5.41, 5.74) is 1.94.